The number of hydrogen-bond donors (Lipinski definition) is 2. The molecule has 26 heavy (non-hydrogen) atoms. The number of carboxylic acid groups (broad SMARTS) is 1. The zero-order valence-electron chi connectivity index (χ0n) is 15.2. The number of rotatable bonds is 7. The van der Waals surface area contributed by atoms with Crippen LogP contribution in [0.25, 0.3) is 0 Å². The Morgan fingerprint density at radius 3 is 2.50 bits per heavy atom. The van der Waals surface area contributed by atoms with Gasteiger partial charge in [-0.25, -0.2) is 14.8 Å². The van der Waals surface area contributed by atoms with Gasteiger partial charge in [-0.05, 0) is 54.4 Å². The van der Waals surface area contributed by atoms with Crippen LogP contribution in [0.15, 0.2) is 28.9 Å². The molecule has 140 valence electrons. The highest BCUT2D eigenvalue weighted by Gasteiger charge is 2.25. The summed E-state index contributed by atoms with van der Waals surface area (Å²) in [5.74, 6) is 1.16. The van der Waals surface area contributed by atoms with Crippen molar-refractivity contribution in [2.24, 2.45) is 0 Å². The summed E-state index contributed by atoms with van der Waals surface area (Å²) in [5, 5.41) is 11.5. The van der Waals surface area contributed by atoms with Crippen LogP contribution < -0.4 is 14.8 Å². The lowest BCUT2D eigenvalue weighted by Gasteiger charge is -2.25. The number of methoxy groups -OCH3 is 1. The second-order valence-electron chi connectivity index (χ2n) is 6.48. The van der Waals surface area contributed by atoms with Crippen molar-refractivity contribution in [1.82, 2.24) is 15.3 Å². The molecule has 2 rings (SSSR count). The fraction of sp³-hybridized carbons (Fsp3) is 0.389. The molecule has 1 heterocycles. The lowest BCUT2D eigenvalue weighted by molar-refractivity contribution is 0.181. The van der Waals surface area contributed by atoms with Gasteiger partial charge in [0.25, 0.3) is 0 Å². The molecule has 8 heteroatoms. The summed E-state index contributed by atoms with van der Waals surface area (Å²) in [5.41, 5.74) is 1.52. The molecule has 0 atom stereocenters. The number of ether oxygens (including phenoxy) is 2. The second-order valence-corrected chi connectivity index (χ2v) is 7.23. The van der Waals surface area contributed by atoms with E-state index in [0.29, 0.717) is 34.9 Å². The summed E-state index contributed by atoms with van der Waals surface area (Å²) in [6.45, 7) is 5.70. The maximum atomic E-state index is 11.0. The standard InChI is InChI=1S/C18H22BrN3O4/c1-11-15(19)21-14(9-18(2,3)22-17(23)24)16(20-11)26-10-12-5-7-13(25-4)8-6-12/h5-8,22H,9-10H2,1-4H3,(H,23,24). The predicted molar refractivity (Wildman–Crippen MR) is 101 cm³/mol. The first-order valence-electron chi connectivity index (χ1n) is 8.00. The van der Waals surface area contributed by atoms with Gasteiger partial charge in [-0.15, -0.1) is 0 Å². The van der Waals surface area contributed by atoms with Crippen molar-refractivity contribution in [2.45, 2.75) is 39.3 Å². The van der Waals surface area contributed by atoms with Gasteiger partial charge in [0.15, 0.2) is 0 Å². The monoisotopic (exact) mass is 423 g/mol. The highest BCUT2D eigenvalue weighted by atomic mass is 79.9. The molecule has 0 aliphatic rings. The lowest BCUT2D eigenvalue weighted by atomic mass is 9.98. The van der Waals surface area contributed by atoms with Crippen LogP contribution in [0.2, 0.25) is 0 Å². The van der Waals surface area contributed by atoms with E-state index >= 15 is 0 Å². The molecule has 1 amide bonds. The van der Waals surface area contributed by atoms with Crippen molar-refractivity contribution in [3.63, 3.8) is 0 Å². The molecule has 0 bridgehead atoms. The highest BCUT2D eigenvalue weighted by Crippen LogP contribution is 2.25. The minimum atomic E-state index is -1.09. The quantitative estimate of drug-likeness (QED) is 0.704. The minimum absolute atomic E-state index is 0.319. The Bertz CT molecular complexity index is 779. The number of aryl methyl sites for hydroxylation is 1. The van der Waals surface area contributed by atoms with E-state index in [2.05, 4.69) is 31.2 Å². The van der Waals surface area contributed by atoms with E-state index in [-0.39, 0.29) is 0 Å². The first-order valence-corrected chi connectivity index (χ1v) is 8.79. The van der Waals surface area contributed by atoms with Crippen molar-refractivity contribution in [2.75, 3.05) is 7.11 Å². The van der Waals surface area contributed by atoms with Crippen LogP contribution in [0.5, 0.6) is 11.6 Å². The van der Waals surface area contributed by atoms with Crippen molar-refractivity contribution >= 4 is 22.0 Å². The number of amides is 1. The van der Waals surface area contributed by atoms with E-state index < -0.39 is 11.6 Å². The first-order chi connectivity index (χ1) is 12.2. The summed E-state index contributed by atoms with van der Waals surface area (Å²) in [7, 11) is 1.62. The number of benzene rings is 1. The molecular formula is C18H22BrN3O4. The van der Waals surface area contributed by atoms with Gasteiger partial charge >= 0.3 is 6.09 Å². The Labute approximate surface area is 160 Å². The fourth-order valence-corrected chi connectivity index (χ4v) is 2.67. The number of nitrogens with zero attached hydrogens (tertiary/aromatic N) is 2. The van der Waals surface area contributed by atoms with Gasteiger partial charge in [-0.2, -0.15) is 0 Å². The van der Waals surface area contributed by atoms with Crippen molar-refractivity contribution in [3.05, 3.63) is 45.8 Å². The van der Waals surface area contributed by atoms with E-state index in [1.165, 1.54) is 0 Å². The average molecular weight is 424 g/mol. The van der Waals surface area contributed by atoms with Crippen molar-refractivity contribution in [1.29, 1.82) is 0 Å². The molecule has 0 radical (unpaired) electrons. The summed E-state index contributed by atoms with van der Waals surface area (Å²) in [4.78, 5) is 19.9. The smallest absolute Gasteiger partial charge is 0.405 e. The molecule has 2 N–H and O–H groups in total. The Kier molecular flexibility index (Phi) is 6.42. The summed E-state index contributed by atoms with van der Waals surface area (Å²) in [6.07, 6.45) is -0.752. The third-order valence-electron chi connectivity index (χ3n) is 3.64. The summed E-state index contributed by atoms with van der Waals surface area (Å²) < 4.78 is 11.6. The van der Waals surface area contributed by atoms with Gasteiger partial charge in [0.2, 0.25) is 5.88 Å². The van der Waals surface area contributed by atoms with Crippen LogP contribution in [-0.4, -0.2) is 33.8 Å². The van der Waals surface area contributed by atoms with Crippen LogP contribution in [0.3, 0.4) is 0 Å². The molecule has 1 aromatic heterocycles. The SMILES string of the molecule is COc1ccc(COc2nc(C)c(Br)nc2CC(C)(C)NC(=O)O)cc1. The third-order valence-corrected chi connectivity index (χ3v) is 4.39. The van der Waals surface area contributed by atoms with Crippen LogP contribution in [0.1, 0.15) is 30.8 Å². The molecule has 0 aliphatic carbocycles. The molecule has 0 fully saturated rings. The fourth-order valence-electron chi connectivity index (χ4n) is 2.37. The Balaban J connectivity index is 2.20. The second kappa shape index (κ2) is 8.35. The van der Waals surface area contributed by atoms with Crippen molar-refractivity contribution < 1.29 is 19.4 Å². The van der Waals surface area contributed by atoms with Gasteiger partial charge in [0, 0.05) is 12.0 Å². The molecular weight excluding hydrogens is 402 g/mol. The Morgan fingerprint density at radius 1 is 1.27 bits per heavy atom. The number of halogens is 1. The predicted octanol–water partition coefficient (Wildman–Crippen LogP) is 3.72. The van der Waals surface area contributed by atoms with E-state index in [0.717, 1.165) is 11.3 Å². The molecule has 7 nitrogen and oxygen atoms in total. The zero-order valence-corrected chi connectivity index (χ0v) is 16.8. The van der Waals surface area contributed by atoms with Gasteiger partial charge in [-0.1, -0.05) is 12.1 Å². The lowest BCUT2D eigenvalue weighted by Crippen LogP contribution is -2.44. The summed E-state index contributed by atoms with van der Waals surface area (Å²) in [6, 6.07) is 7.54. The highest BCUT2D eigenvalue weighted by molar-refractivity contribution is 9.10. The van der Waals surface area contributed by atoms with E-state index in [1.807, 2.05) is 31.2 Å². The third kappa shape index (κ3) is 5.59. The number of hydrogen-bond acceptors (Lipinski definition) is 5. The minimum Gasteiger partial charge on any atom is -0.497 e. The van der Waals surface area contributed by atoms with E-state index in [4.69, 9.17) is 14.6 Å². The largest absolute Gasteiger partial charge is 0.497 e. The van der Waals surface area contributed by atoms with E-state index in [1.54, 1.807) is 21.0 Å². The van der Waals surface area contributed by atoms with Crippen LogP contribution >= 0.6 is 15.9 Å². The normalized spacial score (nSPS) is 11.1. The van der Waals surface area contributed by atoms with Gasteiger partial charge in [0.1, 0.15) is 22.7 Å². The van der Waals surface area contributed by atoms with Crippen LogP contribution in [0.4, 0.5) is 4.79 Å². The zero-order chi connectivity index (χ0) is 19.3. The van der Waals surface area contributed by atoms with Crippen molar-refractivity contribution in [3.8, 4) is 11.6 Å². The Morgan fingerprint density at radius 2 is 1.92 bits per heavy atom. The molecule has 0 aliphatic heterocycles. The topological polar surface area (TPSA) is 93.6 Å². The summed E-state index contributed by atoms with van der Waals surface area (Å²) >= 11 is 3.37. The van der Waals surface area contributed by atoms with Gasteiger partial charge in [0.05, 0.1) is 12.8 Å². The number of aromatic nitrogens is 2. The van der Waals surface area contributed by atoms with Crippen LogP contribution in [0, 0.1) is 6.92 Å². The van der Waals surface area contributed by atoms with Gasteiger partial charge in [-0.3, -0.25) is 0 Å². The maximum absolute atomic E-state index is 11.0. The Hall–Kier alpha value is -2.35. The molecule has 0 unspecified atom stereocenters. The number of carbonyl (C=O) groups is 1. The van der Waals surface area contributed by atoms with E-state index in [9.17, 15) is 4.79 Å². The average Bonchev–Trinajstić information content (AvgIpc) is 2.55. The molecule has 0 saturated heterocycles. The molecule has 0 spiro atoms. The maximum Gasteiger partial charge on any atom is 0.405 e. The van der Waals surface area contributed by atoms with Crippen LogP contribution in [-0.2, 0) is 13.0 Å². The molecule has 0 saturated carbocycles. The number of nitrogens with one attached hydrogen (secondary N) is 1. The molecule has 2 aromatic rings. The molecule has 1 aromatic carbocycles. The first kappa shape index (κ1) is 20.0. The van der Waals surface area contributed by atoms with Gasteiger partial charge < -0.3 is 19.9 Å².